The second kappa shape index (κ2) is 5.45. The van der Waals surface area contributed by atoms with Crippen LogP contribution in [0.5, 0.6) is 0 Å². The van der Waals surface area contributed by atoms with Crippen molar-refractivity contribution < 1.29 is 4.79 Å². The number of carbonyl (C=O) groups excluding carboxylic acids is 1. The first kappa shape index (κ1) is 12.8. The van der Waals surface area contributed by atoms with Gasteiger partial charge in [0.25, 0.3) is 0 Å². The third kappa shape index (κ3) is 2.43. The molecule has 5 heteroatoms. The Hall–Kier alpha value is -2.17. The van der Waals surface area contributed by atoms with Crippen LogP contribution in [-0.4, -0.2) is 25.1 Å². The van der Waals surface area contributed by atoms with Gasteiger partial charge in [-0.05, 0) is 38.0 Å². The molecule has 0 aliphatic carbocycles. The van der Waals surface area contributed by atoms with E-state index in [9.17, 15) is 4.79 Å². The first-order valence-corrected chi connectivity index (χ1v) is 7.08. The third-order valence-electron chi connectivity index (χ3n) is 3.62. The third-order valence-corrected chi connectivity index (χ3v) is 3.62. The van der Waals surface area contributed by atoms with Gasteiger partial charge >= 0.3 is 0 Å². The van der Waals surface area contributed by atoms with Crippen LogP contribution in [0, 0.1) is 0 Å². The van der Waals surface area contributed by atoms with Crippen molar-refractivity contribution in [2.24, 2.45) is 0 Å². The largest absolute Gasteiger partial charge is 0.334 e. The molecule has 0 atom stereocenters. The van der Waals surface area contributed by atoms with E-state index in [2.05, 4.69) is 14.6 Å². The Morgan fingerprint density at radius 3 is 3.15 bits per heavy atom. The van der Waals surface area contributed by atoms with Crippen LogP contribution in [0.3, 0.4) is 0 Å². The summed E-state index contributed by atoms with van der Waals surface area (Å²) in [5.74, 6) is 0.988. The highest BCUT2D eigenvalue weighted by Gasteiger charge is 2.15. The van der Waals surface area contributed by atoms with Crippen LogP contribution < -0.4 is 0 Å². The summed E-state index contributed by atoms with van der Waals surface area (Å²) < 4.78 is 3.95. The smallest absolute Gasteiger partial charge is 0.205 e. The molecule has 0 spiro atoms. The van der Waals surface area contributed by atoms with Gasteiger partial charge in [0.05, 0.1) is 5.69 Å². The van der Waals surface area contributed by atoms with E-state index in [-0.39, 0.29) is 5.78 Å². The molecule has 0 saturated carbocycles. The molecule has 0 unspecified atom stereocenters. The Balaban J connectivity index is 1.77. The van der Waals surface area contributed by atoms with Gasteiger partial charge in [-0.1, -0.05) is 0 Å². The molecule has 5 nitrogen and oxygen atoms in total. The molecule has 1 aliphatic heterocycles. The summed E-state index contributed by atoms with van der Waals surface area (Å²) in [7, 11) is 0. The Morgan fingerprint density at radius 2 is 2.35 bits per heavy atom. The van der Waals surface area contributed by atoms with Crippen LogP contribution in [0.2, 0.25) is 0 Å². The number of rotatable bonds is 4. The number of hydrogen-bond donors (Lipinski definition) is 0. The van der Waals surface area contributed by atoms with Crippen molar-refractivity contribution in [1.82, 2.24) is 19.3 Å². The lowest BCUT2D eigenvalue weighted by atomic mass is 10.2. The standard InChI is InChI=1S/C15H18N4O/c1-2-19-12(8-9-16-19)6-7-14(20)13-11-18-10-4-3-5-15(18)17-13/h6-9,11H,2-5,10H2,1H3. The van der Waals surface area contributed by atoms with Crippen molar-refractivity contribution >= 4 is 11.9 Å². The van der Waals surface area contributed by atoms with Crippen LogP contribution in [0.4, 0.5) is 0 Å². The van der Waals surface area contributed by atoms with Crippen molar-refractivity contribution in [2.45, 2.75) is 39.3 Å². The molecule has 0 saturated heterocycles. The molecule has 0 N–H and O–H groups in total. The molecule has 3 heterocycles. The van der Waals surface area contributed by atoms with Crippen LogP contribution in [-0.2, 0) is 19.5 Å². The average Bonchev–Trinajstić information content (AvgIpc) is 3.10. The minimum atomic E-state index is -0.0456. The predicted octanol–water partition coefficient (Wildman–Crippen LogP) is 2.33. The number of allylic oxidation sites excluding steroid dienone is 1. The van der Waals surface area contributed by atoms with Gasteiger partial charge in [0.1, 0.15) is 11.5 Å². The Bertz CT molecular complexity index is 627. The molecule has 0 radical (unpaired) electrons. The number of aryl methyl sites for hydroxylation is 3. The van der Waals surface area contributed by atoms with Gasteiger partial charge in [-0.3, -0.25) is 9.48 Å². The Labute approximate surface area is 117 Å². The van der Waals surface area contributed by atoms with Gasteiger partial charge in [0.2, 0.25) is 5.78 Å². The number of aromatic nitrogens is 4. The molecule has 2 aromatic heterocycles. The molecular formula is C15H18N4O. The molecule has 0 fully saturated rings. The van der Waals surface area contributed by atoms with E-state index < -0.39 is 0 Å². The van der Waals surface area contributed by atoms with Crippen LogP contribution in [0.25, 0.3) is 6.08 Å². The fourth-order valence-corrected chi connectivity index (χ4v) is 2.53. The minimum Gasteiger partial charge on any atom is -0.334 e. The van der Waals surface area contributed by atoms with Crippen molar-refractivity contribution in [3.8, 4) is 0 Å². The van der Waals surface area contributed by atoms with Gasteiger partial charge in [-0.25, -0.2) is 4.98 Å². The number of ketones is 1. The SMILES string of the molecule is CCn1nccc1C=CC(=O)c1cn2c(n1)CCCC2. The maximum Gasteiger partial charge on any atom is 0.205 e. The van der Waals surface area contributed by atoms with Crippen molar-refractivity contribution in [2.75, 3.05) is 0 Å². The van der Waals surface area contributed by atoms with Crippen molar-refractivity contribution in [3.63, 3.8) is 0 Å². The number of fused-ring (bicyclic) bond motifs is 1. The van der Waals surface area contributed by atoms with Crippen LogP contribution >= 0.6 is 0 Å². The normalized spacial score (nSPS) is 14.7. The van der Waals surface area contributed by atoms with E-state index in [0.29, 0.717) is 5.69 Å². The Kier molecular flexibility index (Phi) is 3.50. The van der Waals surface area contributed by atoms with Gasteiger partial charge < -0.3 is 4.57 Å². The van der Waals surface area contributed by atoms with E-state index in [1.807, 2.05) is 23.9 Å². The zero-order valence-corrected chi connectivity index (χ0v) is 11.6. The monoisotopic (exact) mass is 270 g/mol. The summed E-state index contributed by atoms with van der Waals surface area (Å²) in [5, 5.41) is 4.17. The van der Waals surface area contributed by atoms with Crippen LogP contribution in [0.15, 0.2) is 24.5 Å². The summed E-state index contributed by atoms with van der Waals surface area (Å²) in [4.78, 5) is 16.6. The highest BCUT2D eigenvalue weighted by Crippen LogP contribution is 2.15. The fraction of sp³-hybridized carbons (Fsp3) is 0.400. The first-order valence-electron chi connectivity index (χ1n) is 7.08. The maximum absolute atomic E-state index is 12.2. The lowest BCUT2D eigenvalue weighted by Gasteiger charge is -2.11. The molecular weight excluding hydrogens is 252 g/mol. The van der Waals surface area contributed by atoms with Crippen LogP contribution in [0.1, 0.15) is 41.8 Å². The van der Waals surface area contributed by atoms with E-state index >= 15 is 0 Å². The molecule has 3 rings (SSSR count). The van der Waals surface area contributed by atoms with Gasteiger partial charge in [0.15, 0.2) is 0 Å². The first-order chi connectivity index (χ1) is 9.78. The predicted molar refractivity (Wildman–Crippen MR) is 76.4 cm³/mol. The topological polar surface area (TPSA) is 52.7 Å². The van der Waals surface area contributed by atoms with E-state index in [4.69, 9.17) is 0 Å². The minimum absolute atomic E-state index is 0.0456. The maximum atomic E-state index is 12.2. The molecule has 2 aromatic rings. The zero-order valence-electron chi connectivity index (χ0n) is 11.6. The molecule has 0 aromatic carbocycles. The van der Waals surface area contributed by atoms with Gasteiger partial charge in [-0.2, -0.15) is 5.10 Å². The van der Waals surface area contributed by atoms with Crippen molar-refractivity contribution in [1.29, 1.82) is 0 Å². The summed E-state index contributed by atoms with van der Waals surface area (Å²) in [6.45, 7) is 3.79. The lowest BCUT2D eigenvalue weighted by Crippen LogP contribution is -2.08. The van der Waals surface area contributed by atoms with Gasteiger partial charge in [-0.15, -0.1) is 0 Å². The lowest BCUT2D eigenvalue weighted by molar-refractivity contribution is 0.104. The zero-order chi connectivity index (χ0) is 13.9. The van der Waals surface area contributed by atoms with E-state index in [0.717, 1.165) is 37.4 Å². The van der Waals surface area contributed by atoms with Gasteiger partial charge in [0, 0.05) is 31.9 Å². The summed E-state index contributed by atoms with van der Waals surface area (Å²) in [6.07, 6.45) is 10.3. The average molecular weight is 270 g/mol. The highest BCUT2D eigenvalue weighted by molar-refractivity contribution is 6.05. The molecule has 0 amide bonds. The van der Waals surface area contributed by atoms with E-state index in [1.54, 1.807) is 18.3 Å². The number of hydrogen-bond acceptors (Lipinski definition) is 3. The van der Waals surface area contributed by atoms with E-state index in [1.165, 1.54) is 6.42 Å². The summed E-state index contributed by atoms with van der Waals surface area (Å²) >= 11 is 0. The second-order valence-corrected chi connectivity index (χ2v) is 4.96. The summed E-state index contributed by atoms with van der Waals surface area (Å²) in [6, 6.07) is 1.89. The second-order valence-electron chi connectivity index (χ2n) is 4.96. The quantitative estimate of drug-likeness (QED) is 0.633. The molecule has 20 heavy (non-hydrogen) atoms. The number of imidazole rings is 1. The highest BCUT2D eigenvalue weighted by atomic mass is 16.1. The van der Waals surface area contributed by atoms with Crippen molar-refractivity contribution in [3.05, 3.63) is 41.7 Å². The molecule has 1 aliphatic rings. The summed E-state index contributed by atoms with van der Waals surface area (Å²) in [5.41, 5.74) is 1.48. The number of nitrogens with zero attached hydrogens (tertiary/aromatic N) is 4. The molecule has 104 valence electrons. The Morgan fingerprint density at radius 1 is 1.45 bits per heavy atom. The fourth-order valence-electron chi connectivity index (χ4n) is 2.53. The molecule has 0 bridgehead atoms. The number of carbonyl (C=O) groups is 1.